The van der Waals surface area contributed by atoms with Crippen LogP contribution in [-0.2, 0) is 0 Å². The Morgan fingerprint density at radius 3 is 2.72 bits per heavy atom. The number of alkyl halides is 1. The summed E-state index contributed by atoms with van der Waals surface area (Å²) >= 11 is 7.58. The van der Waals surface area contributed by atoms with Crippen LogP contribution in [0.25, 0.3) is 0 Å². The van der Waals surface area contributed by atoms with Crippen LogP contribution in [0.15, 0.2) is 29.2 Å². The molecule has 2 rings (SSSR count). The normalized spacial score (nSPS) is 22.4. The third-order valence-corrected chi connectivity index (χ3v) is 4.55. The molecule has 1 fully saturated rings. The summed E-state index contributed by atoms with van der Waals surface area (Å²) in [5.74, 6) is 0.681. The Kier molecular flexibility index (Phi) is 4.57. The topological polar surface area (TPSA) is 20.3 Å². The smallest absolute Gasteiger partial charge is 0.254 e. The van der Waals surface area contributed by atoms with Crippen LogP contribution in [0.4, 0.5) is 0 Å². The van der Waals surface area contributed by atoms with E-state index in [4.69, 9.17) is 11.6 Å². The maximum atomic E-state index is 12.4. The van der Waals surface area contributed by atoms with E-state index in [2.05, 4.69) is 0 Å². The van der Waals surface area contributed by atoms with Gasteiger partial charge in [-0.2, -0.15) is 0 Å². The molecule has 0 heterocycles. The largest absolute Gasteiger partial charge is 0.341 e. The fraction of sp³-hybridized carbons (Fsp3) is 0.500. The second kappa shape index (κ2) is 5.98. The van der Waals surface area contributed by atoms with Crippen LogP contribution in [0.2, 0.25) is 0 Å². The Labute approximate surface area is 118 Å². The molecule has 0 unspecified atom stereocenters. The van der Waals surface area contributed by atoms with E-state index in [9.17, 15) is 4.79 Å². The van der Waals surface area contributed by atoms with Crippen LogP contribution in [0.5, 0.6) is 0 Å². The third kappa shape index (κ3) is 3.01. The standard InChI is InChI=1S/C14H18ClNOS/c1-16(9-10-7-11(15)8-10)14(17)12-5-3-4-6-13(12)18-2/h3-6,10-11H,7-9H2,1-2H3. The first-order valence-electron chi connectivity index (χ1n) is 6.14. The van der Waals surface area contributed by atoms with E-state index >= 15 is 0 Å². The molecule has 1 amide bonds. The summed E-state index contributed by atoms with van der Waals surface area (Å²) in [6.45, 7) is 0.810. The first kappa shape index (κ1) is 13.8. The molecule has 1 aliphatic rings. The van der Waals surface area contributed by atoms with Gasteiger partial charge in [0.15, 0.2) is 0 Å². The third-order valence-electron chi connectivity index (χ3n) is 3.39. The first-order chi connectivity index (χ1) is 8.61. The minimum atomic E-state index is 0.109. The second-order valence-corrected chi connectivity index (χ2v) is 6.29. The molecule has 18 heavy (non-hydrogen) atoms. The lowest BCUT2D eigenvalue weighted by Crippen LogP contribution is -2.38. The Morgan fingerprint density at radius 2 is 2.11 bits per heavy atom. The van der Waals surface area contributed by atoms with Gasteiger partial charge < -0.3 is 4.90 Å². The summed E-state index contributed by atoms with van der Waals surface area (Å²) in [6.07, 6.45) is 4.06. The van der Waals surface area contributed by atoms with Crippen molar-refractivity contribution in [2.75, 3.05) is 19.8 Å². The average Bonchev–Trinajstić information content (AvgIpc) is 2.35. The zero-order valence-electron chi connectivity index (χ0n) is 10.7. The van der Waals surface area contributed by atoms with Gasteiger partial charge in [0.05, 0.1) is 5.56 Å². The van der Waals surface area contributed by atoms with E-state index in [-0.39, 0.29) is 5.91 Å². The van der Waals surface area contributed by atoms with Crippen molar-refractivity contribution >= 4 is 29.3 Å². The molecular weight excluding hydrogens is 266 g/mol. The van der Waals surface area contributed by atoms with Crippen molar-refractivity contribution < 1.29 is 4.79 Å². The van der Waals surface area contributed by atoms with Gasteiger partial charge in [-0.25, -0.2) is 0 Å². The number of thioether (sulfide) groups is 1. The fourth-order valence-electron chi connectivity index (χ4n) is 2.30. The minimum Gasteiger partial charge on any atom is -0.341 e. The molecular formula is C14H18ClNOS. The Balaban J connectivity index is 2.01. The number of rotatable bonds is 4. The van der Waals surface area contributed by atoms with Gasteiger partial charge in [-0.15, -0.1) is 23.4 Å². The highest BCUT2D eigenvalue weighted by molar-refractivity contribution is 7.98. The monoisotopic (exact) mass is 283 g/mol. The first-order valence-corrected chi connectivity index (χ1v) is 7.80. The van der Waals surface area contributed by atoms with Crippen LogP contribution in [0.3, 0.4) is 0 Å². The lowest BCUT2D eigenvalue weighted by Gasteiger charge is -2.34. The van der Waals surface area contributed by atoms with Crippen molar-refractivity contribution in [3.05, 3.63) is 29.8 Å². The zero-order valence-corrected chi connectivity index (χ0v) is 12.3. The molecule has 1 aliphatic carbocycles. The number of nitrogens with zero attached hydrogens (tertiary/aromatic N) is 1. The summed E-state index contributed by atoms with van der Waals surface area (Å²) in [5.41, 5.74) is 0.800. The van der Waals surface area contributed by atoms with Crippen LogP contribution in [-0.4, -0.2) is 36.0 Å². The van der Waals surface area contributed by atoms with Gasteiger partial charge in [0.25, 0.3) is 5.91 Å². The van der Waals surface area contributed by atoms with Crippen molar-refractivity contribution in [1.82, 2.24) is 4.90 Å². The Morgan fingerprint density at radius 1 is 1.44 bits per heavy atom. The summed E-state index contributed by atoms with van der Waals surface area (Å²) in [5, 5.41) is 0.317. The van der Waals surface area contributed by atoms with E-state index in [1.165, 1.54) is 0 Å². The maximum Gasteiger partial charge on any atom is 0.254 e. The number of hydrogen-bond acceptors (Lipinski definition) is 2. The van der Waals surface area contributed by atoms with Crippen LogP contribution >= 0.6 is 23.4 Å². The van der Waals surface area contributed by atoms with E-state index in [0.717, 1.165) is 29.8 Å². The number of carbonyl (C=O) groups excluding carboxylic acids is 1. The van der Waals surface area contributed by atoms with Crippen molar-refractivity contribution in [1.29, 1.82) is 0 Å². The SMILES string of the molecule is CSc1ccccc1C(=O)N(C)CC1CC(Cl)C1. The highest BCUT2D eigenvalue weighted by Gasteiger charge is 2.29. The molecule has 0 radical (unpaired) electrons. The molecule has 0 spiro atoms. The maximum absolute atomic E-state index is 12.4. The van der Waals surface area contributed by atoms with Gasteiger partial charge in [-0.05, 0) is 37.1 Å². The van der Waals surface area contributed by atoms with E-state index < -0.39 is 0 Å². The molecule has 98 valence electrons. The predicted molar refractivity (Wildman–Crippen MR) is 77.5 cm³/mol. The summed E-state index contributed by atoms with van der Waals surface area (Å²) < 4.78 is 0. The Bertz CT molecular complexity index is 432. The lowest BCUT2D eigenvalue weighted by atomic mass is 9.84. The highest BCUT2D eigenvalue weighted by atomic mass is 35.5. The number of carbonyl (C=O) groups is 1. The molecule has 4 heteroatoms. The zero-order chi connectivity index (χ0) is 13.1. The van der Waals surface area contributed by atoms with E-state index in [1.54, 1.807) is 11.8 Å². The van der Waals surface area contributed by atoms with Crippen molar-refractivity contribution in [3.8, 4) is 0 Å². The molecule has 1 saturated carbocycles. The van der Waals surface area contributed by atoms with E-state index in [1.807, 2.05) is 42.5 Å². The van der Waals surface area contributed by atoms with Gasteiger partial charge >= 0.3 is 0 Å². The highest BCUT2D eigenvalue weighted by Crippen LogP contribution is 2.32. The number of hydrogen-bond donors (Lipinski definition) is 0. The number of halogens is 1. The quantitative estimate of drug-likeness (QED) is 0.623. The van der Waals surface area contributed by atoms with Gasteiger partial charge in [0.1, 0.15) is 0 Å². The molecule has 0 N–H and O–H groups in total. The molecule has 0 saturated heterocycles. The van der Waals surface area contributed by atoms with Gasteiger partial charge in [0.2, 0.25) is 0 Å². The molecule has 0 aromatic heterocycles. The molecule has 1 aromatic rings. The van der Waals surface area contributed by atoms with Crippen LogP contribution in [0.1, 0.15) is 23.2 Å². The molecule has 0 aliphatic heterocycles. The van der Waals surface area contributed by atoms with Gasteiger partial charge in [-0.1, -0.05) is 12.1 Å². The lowest BCUT2D eigenvalue weighted by molar-refractivity contribution is 0.0743. The van der Waals surface area contributed by atoms with Crippen LogP contribution in [0, 0.1) is 5.92 Å². The summed E-state index contributed by atoms with van der Waals surface area (Å²) in [7, 11) is 1.88. The van der Waals surface area contributed by atoms with Crippen molar-refractivity contribution in [2.24, 2.45) is 5.92 Å². The predicted octanol–water partition coefficient (Wildman–Crippen LogP) is 3.50. The van der Waals surface area contributed by atoms with Crippen molar-refractivity contribution in [2.45, 2.75) is 23.1 Å². The fourth-order valence-corrected chi connectivity index (χ4v) is 3.39. The van der Waals surface area contributed by atoms with Gasteiger partial charge in [0, 0.05) is 23.9 Å². The molecule has 0 atom stereocenters. The van der Waals surface area contributed by atoms with Gasteiger partial charge in [-0.3, -0.25) is 4.79 Å². The summed E-state index contributed by atoms with van der Waals surface area (Å²) in [6, 6.07) is 7.77. The second-order valence-electron chi connectivity index (χ2n) is 4.82. The minimum absolute atomic E-state index is 0.109. The summed E-state index contributed by atoms with van der Waals surface area (Å²) in [4.78, 5) is 15.2. The molecule has 0 bridgehead atoms. The number of amides is 1. The molecule has 1 aromatic carbocycles. The number of benzene rings is 1. The van der Waals surface area contributed by atoms with Crippen molar-refractivity contribution in [3.63, 3.8) is 0 Å². The van der Waals surface area contributed by atoms with E-state index in [0.29, 0.717) is 11.3 Å². The average molecular weight is 284 g/mol. The van der Waals surface area contributed by atoms with Crippen LogP contribution < -0.4 is 0 Å². The Hall–Kier alpha value is -0.670. The molecule has 2 nitrogen and oxygen atoms in total.